The third-order valence-corrected chi connectivity index (χ3v) is 4.19. The fourth-order valence-electron chi connectivity index (χ4n) is 3.10. The Morgan fingerprint density at radius 3 is 3.04 bits per heavy atom. The van der Waals surface area contributed by atoms with Crippen molar-refractivity contribution in [1.29, 1.82) is 0 Å². The highest BCUT2D eigenvalue weighted by Crippen LogP contribution is 2.28. The Hall–Kier alpha value is -2.34. The van der Waals surface area contributed by atoms with E-state index in [9.17, 15) is 4.79 Å². The van der Waals surface area contributed by atoms with Gasteiger partial charge in [0, 0.05) is 36.5 Å². The minimum atomic E-state index is -0.961. The van der Waals surface area contributed by atoms with Gasteiger partial charge in [0.25, 0.3) is 0 Å². The van der Waals surface area contributed by atoms with E-state index >= 15 is 0 Å². The molecule has 2 aromatic rings. The molecule has 0 bridgehead atoms. The van der Waals surface area contributed by atoms with Crippen molar-refractivity contribution in [3.63, 3.8) is 0 Å². The van der Waals surface area contributed by atoms with Gasteiger partial charge in [-0.3, -0.25) is 10.00 Å². The van der Waals surface area contributed by atoms with E-state index in [1.165, 1.54) is 5.69 Å². The summed E-state index contributed by atoms with van der Waals surface area (Å²) in [7, 11) is 0. The molecule has 6 nitrogen and oxygen atoms in total. The smallest absolute Gasteiger partial charge is 0.341 e. The molecule has 0 amide bonds. The number of nitrogens with zero attached hydrogens (tertiary/aromatic N) is 2. The number of hydrogen-bond acceptors (Lipinski definition) is 4. The minimum absolute atomic E-state index is 0.312. The molecule has 3 rings (SSSR count). The largest absolute Gasteiger partial charge is 0.482 e. The summed E-state index contributed by atoms with van der Waals surface area (Å²) in [6.45, 7) is 2.46. The number of nitrogens with one attached hydrogen (secondary N) is 1. The van der Waals surface area contributed by atoms with Gasteiger partial charge in [-0.15, -0.1) is 0 Å². The summed E-state index contributed by atoms with van der Waals surface area (Å²) >= 11 is 0. The summed E-state index contributed by atoms with van der Waals surface area (Å²) in [5, 5.41) is 15.9. The molecule has 0 aliphatic carbocycles. The van der Waals surface area contributed by atoms with E-state index in [1.54, 1.807) is 6.20 Å². The maximum absolute atomic E-state index is 10.7. The summed E-state index contributed by atoms with van der Waals surface area (Å²) < 4.78 is 5.40. The second-order valence-corrected chi connectivity index (χ2v) is 5.88. The van der Waals surface area contributed by atoms with Crippen molar-refractivity contribution < 1.29 is 14.6 Å². The van der Waals surface area contributed by atoms with Crippen molar-refractivity contribution in [2.75, 3.05) is 19.7 Å². The van der Waals surface area contributed by atoms with E-state index in [-0.39, 0.29) is 6.61 Å². The lowest BCUT2D eigenvalue weighted by atomic mass is 9.94. The van der Waals surface area contributed by atoms with Gasteiger partial charge in [-0.25, -0.2) is 4.79 Å². The topological polar surface area (TPSA) is 78.5 Å². The van der Waals surface area contributed by atoms with Crippen LogP contribution in [0.2, 0.25) is 0 Å². The van der Waals surface area contributed by atoms with Gasteiger partial charge in [0.1, 0.15) is 5.75 Å². The molecule has 0 saturated carbocycles. The van der Waals surface area contributed by atoms with Gasteiger partial charge >= 0.3 is 5.97 Å². The SMILES string of the molecule is O=C(O)COc1ccccc1CN1CCC[C@H](c2ccn[nH]2)C1. The molecule has 0 unspecified atom stereocenters. The van der Waals surface area contributed by atoms with Crippen LogP contribution >= 0.6 is 0 Å². The number of carboxylic acids is 1. The molecular weight excluding hydrogens is 294 g/mol. The number of H-pyrrole nitrogens is 1. The highest BCUT2D eigenvalue weighted by molar-refractivity contribution is 5.68. The number of benzene rings is 1. The molecule has 1 fully saturated rings. The van der Waals surface area contributed by atoms with E-state index in [4.69, 9.17) is 9.84 Å². The Balaban J connectivity index is 1.65. The Kier molecular flexibility index (Phi) is 4.92. The van der Waals surface area contributed by atoms with Crippen LogP contribution in [0.15, 0.2) is 36.5 Å². The zero-order valence-corrected chi connectivity index (χ0v) is 12.9. The normalized spacial score (nSPS) is 18.7. The van der Waals surface area contributed by atoms with Crippen LogP contribution in [-0.2, 0) is 11.3 Å². The van der Waals surface area contributed by atoms with Crippen molar-refractivity contribution in [2.45, 2.75) is 25.3 Å². The molecule has 1 saturated heterocycles. The first-order valence-corrected chi connectivity index (χ1v) is 7.86. The number of aromatic nitrogens is 2. The lowest BCUT2D eigenvalue weighted by Crippen LogP contribution is -2.34. The number of carboxylic acid groups (broad SMARTS) is 1. The number of para-hydroxylation sites is 1. The van der Waals surface area contributed by atoms with E-state index in [1.807, 2.05) is 30.3 Å². The van der Waals surface area contributed by atoms with Gasteiger partial charge < -0.3 is 9.84 Å². The number of piperidine rings is 1. The molecule has 2 heterocycles. The second-order valence-electron chi connectivity index (χ2n) is 5.88. The van der Waals surface area contributed by atoms with Crippen LogP contribution in [0.4, 0.5) is 0 Å². The predicted octanol–water partition coefficient (Wildman–Crippen LogP) is 2.25. The molecule has 2 N–H and O–H groups in total. The second kappa shape index (κ2) is 7.28. The summed E-state index contributed by atoms with van der Waals surface area (Å²) in [4.78, 5) is 13.1. The quantitative estimate of drug-likeness (QED) is 0.855. The highest BCUT2D eigenvalue weighted by Gasteiger charge is 2.23. The van der Waals surface area contributed by atoms with Crippen molar-refractivity contribution in [3.05, 3.63) is 47.8 Å². The lowest BCUT2D eigenvalue weighted by molar-refractivity contribution is -0.139. The maximum atomic E-state index is 10.7. The molecule has 1 aromatic carbocycles. The number of ether oxygens (including phenoxy) is 1. The summed E-state index contributed by atoms with van der Waals surface area (Å²) in [5.74, 6) is 0.161. The highest BCUT2D eigenvalue weighted by atomic mass is 16.5. The monoisotopic (exact) mass is 315 g/mol. The first kappa shape index (κ1) is 15.6. The number of rotatable bonds is 6. The van der Waals surface area contributed by atoms with Crippen molar-refractivity contribution in [3.8, 4) is 5.75 Å². The summed E-state index contributed by atoms with van der Waals surface area (Å²) in [5.41, 5.74) is 2.21. The number of carbonyl (C=O) groups is 1. The minimum Gasteiger partial charge on any atom is -0.482 e. The Morgan fingerprint density at radius 2 is 2.26 bits per heavy atom. The number of aliphatic carboxylic acids is 1. The van der Waals surface area contributed by atoms with Crippen molar-refractivity contribution >= 4 is 5.97 Å². The fourth-order valence-corrected chi connectivity index (χ4v) is 3.10. The predicted molar refractivity (Wildman–Crippen MR) is 85.4 cm³/mol. The molecule has 0 spiro atoms. The van der Waals surface area contributed by atoms with E-state index in [0.717, 1.165) is 38.0 Å². The maximum Gasteiger partial charge on any atom is 0.341 e. The number of aromatic amines is 1. The van der Waals surface area contributed by atoms with Crippen LogP contribution in [0.5, 0.6) is 5.75 Å². The van der Waals surface area contributed by atoms with Gasteiger partial charge in [0.15, 0.2) is 6.61 Å². The van der Waals surface area contributed by atoms with E-state index in [2.05, 4.69) is 15.1 Å². The van der Waals surface area contributed by atoms with Crippen molar-refractivity contribution in [2.24, 2.45) is 0 Å². The van der Waals surface area contributed by atoms with E-state index in [0.29, 0.717) is 11.7 Å². The van der Waals surface area contributed by atoms with E-state index < -0.39 is 5.97 Å². The Labute approximate surface area is 135 Å². The first-order chi connectivity index (χ1) is 11.2. The average molecular weight is 315 g/mol. The van der Waals surface area contributed by atoms with Crippen LogP contribution in [0, 0.1) is 0 Å². The zero-order chi connectivity index (χ0) is 16.1. The van der Waals surface area contributed by atoms with Gasteiger partial charge in [-0.05, 0) is 31.5 Å². The zero-order valence-electron chi connectivity index (χ0n) is 12.9. The van der Waals surface area contributed by atoms with Gasteiger partial charge in [-0.2, -0.15) is 5.10 Å². The molecule has 1 aliphatic heterocycles. The molecular formula is C17H21N3O3. The number of likely N-dealkylation sites (tertiary alicyclic amines) is 1. The first-order valence-electron chi connectivity index (χ1n) is 7.86. The third kappa shape index (κ3) is 4.10. The lowest BCUT2D eigenvalue weighted by Gasteiger charge is -2.32. The molecule has 1 aromatic heterocycles. The average Bonchev–Trinajstić information content (AvgIpc) is 3.09. The third-order valence-electron chi connectivity index (χ3n) is 4.19. The molecule has 0 radical (unpaired) electrons. The summed E-state index contributed by atoms with van der Waals surface area (Å²) in [6, 6.07) is 9.69. The molecule has 1 atom stereocenters. The van der Waals surface area contributed by atoms with Crippen molar-refractivity contribution in [1.82, 2.24) is 15.1 Å². The van der Waals surface area contributed by atoms with Gasteiger partial charge in [0.05, 0.1) is 0 Å². The fraction of sp³-hybridized carbons (Fsp3) is 0.412. The Bertz CT molecular complexity index is 642. The van der Waals surface area contributed by atoms with Crippen LogP contribution in [0.25, 0.3) is 0 Å². The standard InChI is InChI=1S/C17H21N3O3/c21-17(22)12-23-16-6-2-1-4-14(16)11-20-9-3-5-13(10-20)15-7-8-18-19-15/h1-2,4,6-8,13H,3,5,9-12H2,(H,18,19)(H,21,22)/t13-/m0/s1. The molecule has 1 aliphatic rings. The molecule has 122 valence electrons. The van der Waals surface area contributed by atoms with Crippen LogP contribution in [-0.4, -0.2) is 45.9 Å². The van der Waals surface area contributed by atoms with Crippen LogP contribution in [0.1, 0.15) is 30.0 Å². The van der Waals surface area contributed by atoms with Gasteiger partial charge in [-0.1, -0.05) is 18.2 Å². The summed E-state index contributed by atoms with van der Waals surface area (Å²) in [6.07, 6.45) is 4.10. The Morgan fingerprint density at radius 1 is 1.39 bits per heavy atom. The number of hydrogen-bond donors (Lipinski definition) is 2. The van der Waals surface area contributed by atoms with Gasteiger partial charge in [0.2, 0.25) is 0 Å². The van der Waals surface area contributed by atoms with Crippen LogP contribution < -0.4 is 4.74 Å². The van der Waals surface area contributed by atoms with Crippen LogP contribution in [0.3, 0.4) is 0 Å². The molecule has 6 heteroatoms. The molecule has 23 heavy (non-hydrogen) atoms.